The van der Waals surface area contributed by atoms with Gasteiger partial charge in [0.25, 0.3) is 0 Å². The number of hydrogen-bond acceptors (Lipinski definition) is 3. The Bertz CT molecular complexity index is 519. The molecule has 0 aromatic carbocycles. The van der Waals surface area contributed by atoms with Gasteiger partial charge in [0.2, 0.25) is 0 Å². The van der Waals surface area contributed by atoms with Gasteiger partial charge < -0.3 is 10.1 Å². The summed E-state index contributed by atoms with van der Waals surface area (Å²) in [5.41, 5.74) is -0.952. The Hall–Kier alpha value is -0.790. The first-order valence-electron chi connectivity index (χ1n) is 7.91. The Morgan fingerprint density at radius 3 is 2.70 bits per heavy atom. The van der Waals surface area contributed by atoms with Gasteiger partial charge in [0, 0.05) is 25.7 Å². The maximum Gasteiger partial charge on any atom is 0.435 e. The van der Waals surface area contributed by atoms with Crippen LogP contribution in [-0.4, -0.2) is 29.0 Å². The van der Waals surface area contributed by atoms with Gasteiger partial charge in [-0.15, -0.1) is 0 Å². The number of aryl methyl sites for hydroxylation is 1. The fourth-order valence-corrected chi connectivity index (χ4v) is 3.15. The molecule has 4 nitrogen and oxygen atoms in total. The number of rotatable bonds is 6. The van der Waals surface area contributed by atoms with Crippen LogP contribution >= 0.6 is 11.6 Å². The van der Waals surface area contributed by atoms with Gasteiger partial charge in [0.05, 0.1) is 12.7 Å². The van der Waals surface area contributed by atoms with Crippen LogP contribution < -0.4 is 5.32 Å². The summed E-state index contributed by atoms with van der Waals surface area (Å²) < 4.78 is 45.6. The molecule has 1 aromatic heterocycles. The first kappa shape index (κ1) is 18.5. The SMILES string of the molecule is C[C@H]1CCCC[C@H]1OCCNCc1c(C(F)(F)F)nn(C)c1Cl. The molecule has 8 heteroatoms. The molecule has 0 unspecified atom stereocenters. The second kappa shape index (κ2) is 7.85. The summed E-state index contributed by atoms with van der Waals surface area (Å²) in [6.07, 6.45) is 0.433. The highest BCUT2D eigenvalue weighted by molar-refractivity contribution is 6.30. The molecule has 0 amide bonds. The zero-order chi connectivity index (χ0) is 17.0. The minimum atomic E-state index is -4.50. The quantitative estimate of drug-likeness (QED) is 0.791. The van der Waals surface area contributed by atoms with E-state index >= 15 is 0 Å². The highest BCUT2D eigenvalue weighted by Gasteiger charge is 2.38. The summed E-state index contributed by atoms with van der Waals surface area (Å²) in [5, 5.41) is 6.42. The third-order valence-corrected chi connectivity index (χ3v) is 4.76. The van der Waals surface area contributed by atoms with Gasteiger partial charge in [-0.25, -0.2) is 0 Å². The molecular weight excluding hydrogens is 331 g/mol. The van der Waals surface area contributed by atoms with Crippen LogP contribution in [0.25, 0.3) is 0 Å². The lowest BCUT2D eigenvalue weighted by atomic mass is 9.88. The van der Waals surface area contributed by atoms with Crippen molar-refractivity contribution in [2.45, 2.75) is 51.4 Å². The third kappa shape index (κ3) is 4.84. The molecule has 0 aliphatic heterocycles. The van der Waals surface area contributed by atoms with Crippen molar-refractivity contribution >= 4 is 11.6 Å². The van der Waals surface area contributed by atoms with Gasteiger partial charge in [-0.2, -0.15) is 18.3 Å². The van der Waals surface area contributed by atoms with Crippen molar-refractivity contribution < 1.29 is 17.9 Å². The van der Waals surface area contributed by atoms with Crippen LogP contribution in [0.1, 0.15) is 43.9 Å². The van der Waals surface area contributed by atoms with E-state index in [0.29, 0.717) is 19.1 Å². The van der Waals surface area contributed by atoms with Gasteiger partial charge in [-0.05, 0) is 18.8 Å². The number of alkyl halides is 3. The monoisotopic (exact) mass is 353 g/mol. The van der Waals surface area contributed by atoms with E-state index in [1.807, 2.05) is 0 Å². The zero-order valence-electron chi connectivity index (χ0n) is 13.4. The molecule has 1 saturated carbocycles. The highest BCUT2D eigenvalue weighted by atomic mass is 35.5. The number of hydrogen-bond donors (Lipinski definition) is 1. The van der Waals surface area contributed by atoms with E-state index in [-0.39, 0.29) is 23.4 Å². The van der Waals surface area contributed by atoms with E-state index in [0.717, 1.165) is 11.1 Å². The Labute approximate surface area is 139 Å². The predicted molar refractivity (Wildman–Crippen MR) is 82.3 cm³/mol. The molecule has 1 aromatic rings. The Morgan fingerprint density at radius 1 is 1.35 bits per heavy atom. The average Bonchev–Trinajstić information content (AvgIpc) is 2.77. The molecule has 23 heavy (non-hydrogen) atoms. The molecule has 1 aliphatic rings. The van der Waals surface area contributed by atoms with E-state index in [2.05, 4.69) is 17.3 Å². The smallest absolute Gasteiger partial charge is 0.377 e. The van der Waals surface area contributed by atoms with E-state index in [4.69, 9.17) is 16.3 Å². The molecule has 1 heterocycles. The Kier molecular flexibility index (Phi) is 6.33. The topological polar surface area (TPSA) is 39.1 Å². The van der Waals surface area contributed by atoms with Crippen LogP contribution in [0, 0.1) is 5.92 Å². The number of nitrogens with one attached hydrogen (secondary N) is 1. The lowest BCUT2D eigenvalue weighted by Crippen LogP contribution is -2.29. The van der Waals surface area contributed by atoms with Crippen molar-refractivity contribution in [3.63, 3.8) is 0 Å². The first-order chi connectivity index (χ1) is 10.8. The molecule has 0 radical (unpaired) electrons. The summed E-state index contributed by atoms with van der Waals surface area (Å²) in [7, 11) is 1.40. The number of ether oxygens (including phenoxy) is 1. The summed E-state index contributed by atoms with van der Waals surface area (Å²) in [4.78, 5) is 0. The van der Waals surface area contributed by atoms with Crippen molar-refractivity contribution in [2.24, 2.45) is 13.0 Å². The third-order valence-electron chi connectivity index (χ3n) is 4.28. The molecule has 2 rings (SSSR count). The second-order valence-corrected chi connectivity index (χ2v) is 6.45. The van der Waals surface area contributed by atoms with Crippen LogP contribution in [-0.2, 0) is 24.5 Å². The predicted octanol–water partition coefficient (Wildman–Crippen LogP) is 3.78. The number of nitrogens with zero attached hydrogens (tertiary/aromatic N) is 2. The van der Waals surface area contributed by atoms with Crippen LogP contribution in [0.15, 0.2) is 0 Å². The fraction of sp³-hybridized carbons (Fsp3) is 0.800. The van der Waals surface area contributed by atoms with Gasteiger partial charge in [-0.1, -0.05) is 31.4 Å². The maximum atomic E-state index is 12.9. The Balaban J connectivity index is 1.80. The molecule has 1 fully saturated rings. The lowest BCUT2D eigenvalue weighted by molar-refractivity contribution is -0.142. The summed E-state index contributed by atoms with van der Waals surface area (Å²) in [6.45, 7) is 3.16. The van der Waals surface area contributed by atoms with Crippen molar-refractivity contribution in [2.75, 3.05) is 13.2 Å². The van der Waals surface area contributed by atoms with Gasteiger partial charge >= 0.3 is 6.18 Å². The Morgan fingerprint density at radius 2 is 2.04 bits per heavy atom. The molecule has 0 bridgehead atoms. The minimum Gasteiger partial charge on any atom is -0.377 e. The summed E-state index contributed by atoms with van der Waals surface area (Å²) in [5.74, 6) is 0.549. The first-order valence-corrected chi connectivity index (χ1v) is 8.29. The summed E-state index contributed by atoms with van der Waals surface area (Å²) >= 11 is 5.90. The normalized spacial score (nSPS) is 22.5. The van der Waals surface area contributed by atoms with Crippen LogP contribution in [0.4, 0.5) is 13.2 Å². The van der Waals surface area contributed by atoms with Gasteiger partial charge in [0.1, 0.15) is 5.15 Å². The molecule has 0 spiro atoms. The van der Waals surface area contributed by atoms with E-state index in [1.165, 1.54) is 26.3 Å². The van der Waals surface area contributed by atoms with Crippen molar-refractivity contribution in [3.05, 3.63) is 16.4 Å². The van der Waals surface area contributed by atoms with Crippen molar-refractivity contribution in [3.8, 4) is 0 Å². The summed E-state index contributed by atoms with van der Waals surface area (Å²) in [6, 6.07) is 0. The standard InChI is InChI=1S/C15H23ClF3N3O/c1-10-5-3-4-6-12(10)23-8-7-20-9-11-13(15(17,18)19)21-22(2)14(11)16/h10,12,20H,3-9H2,1-2H3/t10-,12+/m0/s1. The molecular formula is C15H23ClF3N3O. The number of aromatic nitrogens is 2. The van der Waals surface area contributed by atoms with Crippen LogP contribution in [0.2, 0.25) is 5.15 Å². The van der Waals surface area contributed by atoms with E-state index in [9.17, 15) is 13.2 Å². The zero-order valence-corrected chi connectivity index (χ0v) is 14.2. The molecule has 1 N–H and O–H groups in total. The van der Waals surface area contributed by atoms with Gasteiger partial charge in [0.15, 0.2) is 5.69 Å². The molecule has 0 saturated heterocycles. The maximum absolute atomic E-state index is 12.9. The second-order valence-electron chi connectivity index (χ2n) is 6.09. The average molecular weight is 354 g/mol. The van der Waals surface area contributed by atoms with Crippen LogP contribution in [0.5, 0.6) is 0 Å². The lowest BCUT2D eigenvalue weighted by Gasteiger charge is -2.28. The van der Waals surface area contributed by atoms with E-state index < -0.39 is 11.9 Å². The van der Waals surface area contributed by atoms with Crippen molar-refractivity contribution in [1.82, 2.24) is 15.1 Å². The molecule has 1 aliphatic carbocycles. The largest absolute Gasteiger partial charge is 0.435 e. The molecule has 132 valence electrons. The highest BCUT2D eigenvalue weighted by Crippen LogP contribution is 2.34. The minimum absolute atomic E-state index is 0.00615. The fourth-order valence-electron chi connectivity index (χ4n) is 2.96. The van der Waals surface area contributed by atoms with Crippen LogP contribution in [0.3, 0.4) is 0 Å². The van der Waals surface area contributed by atoms with E-state index in [1.54, 1.807) is 0 Å². The van der Waals surface area contributed by atoms with Gasteiger partial charge in [-0.3, -0.25) is 4.68 Å². The van der Waals surface area contributed by atoms with Crippen molar-refractivity contribution in [1.29, 1.82) is 0 Å². The number of halogens is 4. The molecule has 2 atom stereocenters.